The van der Waals surface area contributed by atoms with Gasteiger partial charge in [-0.15, -0.1) is 0 Å². The number of methoxy groups -OCH3 is 1. The lowest BCUT2D eigenvalue weighted by Crippen LogP contribution is -2.01. The van der Waals surface area contributed by atoms with E-state index in [9.17, 15) is 0 Å². The van der Waals surface area contributed by atoms with E-state index in [2.05, 4.69) is 12.1 Å². The molecule has 0 atom stereocenters. The average Bonchev–Trinajstić information content (AvgIpc) is 3.41. The first-order valence-corrected chi connectivity index (χ1v) is 11.2. The Morgan fingerprint density at radius 3 is 1.53 bits per heavy atom. The lowest BCUT2D eigenvalue weighted by molar-refractivity contribution is 0.415. The summed E-state index contributed by atoms with van der Waals surface area (Å²) in [6.45, 7) is 4.08. The van der Waals surface area contributed by atoms with Gasteiger partial charge in [-0.3, -0.25) is 0 Å². The summed E-state index contributed by atoms with van der Waals surface area (Å²) in [7, 11) is 1.68. The van der Waals surface area contributed by atoms with Gasteiger partial charge in [0.25, 0.3) is 0 Å². The van der Waals surface area contributed by atoms with Crippen molar-refractivity contribution in [1.29, 1.82) is 0 Å². The molecule has 0 saturated carbocycles. The number of aryl methyl sites for hydroxylation is 2. The minimum absolute atomic E-state index is 0.805. The molecule has 0 N–H and O–H groups in total. The zero-order chi connectivity index (χ0) is 23.2. The Morgan fingerprint density at radius 1 is 0.618 bits per heavy atom. The molecule has 3 heterocycles. The summed E-state index contributed by atoms with van der Waals surface area (Å²) < 4.78 is 9.26. The predicted molar refractivity (Wildman–Crippen MR) is 135 cm³/mol. The van der Waals surface area contributed by atoms with Gasteiger partial charge in [-0.1, -0.05) is 48.5 Å². The minimum Gasteiger partial charge on any atom is -0.497 e. The zero-order valence-electron chi connectivity index (χ0n) is 19.2. The predicted octanol–water partition coefficient (Wildman–Crippen LogP) is 6.05. The number of pyridine rings is 1. The Morgan fingerprint density at radius 2 is 1.09 bits per heavy atom. The highest BCUT2D eigenvalue weighted by molar-refractivity contribution is 6.10. The second-order valence-electron chi connectivity index (χ2n) is 8.28. The molecule has 3 aromatic heterocycles. The lowest BCUT2D eigenvalue weighted by Gasteiger charge is -2.10. The Hall–Kier alpha value is -4.45. The van der Waals surface area contributed by atoms with E-state index in [1.54, 1.807) is 7.11 Å². The zero-order valence-corrected chi connectivity index (χ0v) is 19.2. The van der Waals surface area contributed by atoms with Gasteiger partial charge in [0.2, 0.25) is 0 Å². The van der Waals surface area contributed by atoms with E-state index in [4.69, 9.17) is 19.9 Å². The molecule has 3 aromatic carbocycles. The van der Waals surface area contributed by atoms with Crippen LogP contribution in [0.5, 0.6) is 5.75 Å². The fourth-order valence-electron chi connectivity index (χ4n) is 4.59. The highest BCUT2D eigenvalue weighted by atomic mass is 16.5. The molecule has 0 amide bonds. The van der Waals surface area contributed by atoms with Crippen LogP contribution in [0.1, 0.15) is 11.4 Å². The lowest BCUT2D eigenvalue weighted by atomic mass is 9.98. The van der Waals surface area contributed by atoms with Crippen molar-refractivity contribution in [2.45, 2.75) is 13.8 Å². The second kappa shape index (κ2) is 7.85. The third-order valence-electron chi connectivity index (χ3n) is 6.16. The van der Waals surface area contributed by atoms with Crippen LogP contribution in [0, 0.1) is 13.8 Å². The van der Waals surface area contributed by atoms with Crippen LogP contribution in [0.4, 0.5) is 0 Å². The molecular weight excluding hydrogens is 422 g/mol. The first-order valence-electron chi connectivity index (χ1n) is 11.2. The smallest absolute Gasteiger partial charge is 0.166 e. The molecule has 6 rings (SSSR count). The summed E-state index contributed by atoms with van der Waals surface area (Å²) in [5.41, 5.74) is 7.55. The molecule has 0 spiro atoms. The van der Waals surface area contributed by atoms with Gasteiger partial charge < -0.3 is 4.74 Å². The SMILES string of the molecule is COc1ccc(-c2c3c(C)nn(-c4ccccc4)c3nc3c2c(C)nn3-c2ccccc2)cc1. The van der Waals surface area contributed by atoms with Gasteiger partial charge in [-0.05, 0) is 55.8 Å². The van der Waals surface area contributed by atoms with Crippen molar-refractivity contribution in [3.05, 3.63) is 96.3 Å². The number of para-hydroxylation sites is 2. The van der Waals surface area contributed by atoms with E-state index in [0.717, 1.165) is 61.7 Å². The Bertz CT molecular complexity index is 1530. The number of hydrogen-bond acceptors (Lipinski definition) is 4. The fourth-order valence-corrected chi connectivity index (χ4v) is 4.59. The van der Waals surface area contributed by atoms with Crippen LogP contribution in [-0.4, -0.2) is 31.7 Å². The van der Waals surface area contributed by atoms with Crippen LogP contribution < -0.4 is 4.74 Å². The highest BCUT2D eigenvalue weighted by Crippen LogP contribution is 2.39. The maximum absolute atomic E-state index is 5.41. The maximum atomic E-state index is 5.41. The number of aromatic nitrogens is 5. The second-order valence-corrected chi connectivity index (χ2v) is 8.28. The first kappa shape index (κ1) is 20.2. The number of rotatable bonds is 4. The van der Waals surface area contributed by atoms with Crippen molar-refractivity contribution in [3.8, 4) is 28.3 Å². The van der Waals surface area contributed by atoms with Gasteiger partial charge >= 0.3 is 0 Å². The maximum Gasteiger partial charge on any atom is 0.166 e. The minimum atomic E-state index is 0.805. The van der Waals surface area contributed by atoms with Crippen molar-refractivity contribution in [1.82, 2.24) is 24.5 Å². The summed E-state index contributed by atoms with van der Waals surface area (Å²) in [5.74, 6) is 0.818. The average molecular weight is 446 g/mol. The summed E-state index contributed by atoms with van der Waals surface area (Å²) in [5, 5.41) is 11.9. The van der Waals surface area contributed by atoms with Crippen molar-refractivity contribution >= 4 is 22.1 Å². The third-order valence-corrected chi connectivity index (χ3v) is 6.16. The van der Waals surface area contributed by atoms with E-state index in [1.165, 1.54) is 0 Å². The van der Waals surface area contributed by atoms with E-state index in [-0.39, 0.29) is 0 Å². The molecule has 6 aromatic rings. The van der Waals surface area contributed by atoms with Crippen LogP contribution in [0.25, 0.3) is 44.6 Å². The van der Waals surface area contributed by atoms with Gasteiger partial charge in [0, 0.05) is 5.56 Å². The van der Waals surface area contributed by atoms with Crippen LogP contribution in [-0.2, 0) is 0 Å². The molecule has 0 radical (unpaired) electrons. The quantitative estimate of drug-likeness (QED) is 0.331. The van der Waals surface area contributed by atoms with Gasteiger partial charge in [0.05, 0.1) is 40.6 Å². The van der Waals surface area contributed by atoms with Gasteiger partial charge in [-0.25, -0.2) is 14.3 Å². The largest absolute Gasteiger partial charge is 0.497 e. The molecule has 0 unspecified atom stereocenters. The Balaban J connectivity index is 1.77. The van der Waals surface area contributed by atoms with E-state index < -0.39 is 0 Å². The molecule has 0 aliphatic carbocycles. The molecule has 0 bridgehead atoms. The van der Waals surface area contributed by atoms with Crippen LogP contribution in [0.2, 0.25) is 0 Å². The van der Waals surface area contributed by atoms with Gasteiger partial charge in [-0.2, -0.15) is 10.2 Å². The van der Waals surface area contributed by atoms with Crippen LogP contribution >= 0.6 is 0 Å². The van der Waals surface area contributed by atoms with E-state index >= 15 is 0 Å². The molecule has 34 heavy (non-hydrogen) atoms. The molecule has 0 aliphatic heterocycles. The topological polar surface area (TPSA) is 57.8 Å². The monoisotopic (exact) mass is 445 g/mol. The number of fused-ring (bicyclic) bond motifs is 2. The Kier molecular flexibility index (Phi) is 4.66. The first-order chi connectivity index (χ1) is 16.7. The number of hydrogen-bond donors (Lipinski definition) is 0. The third kappa shape index (κ3) is 3.07. The Labute approximate surface area is 197 Å². The molecule has 6 nitrogen and oxygen atoms in total. The molecule has 0 aliphatic rings. The van der Waals surface area contributed by atoms with Crippen molar-refractivity contribution < 1.29 is 4.74 Å². The summed E-state index contributed by atoms with van der Waals surface area (Å²) >= 11 is 0. The number of nitrogens with zero attached hydrogens (tertiary/aromatic N) is 5. The summed E-state index contributed by atoms with van der Waals surface area (Å²) in [4.78, 5) is 5.17. The molecule has 0 saturated heterocycles. The standard InChI is InChI=1S/C28H23N5O/c1-18-24-26(20-14-16-23(34-3)17-15-20)25-19(2)31-33(22-12-8-5-9-13-22)28(25)29-27(24)32(30-18)21-10-6-4-7-11-21/h4-17H,1-3H3. The van der Waals surface area contributed by atoms with E-state index in [0.29, 0.717) is 0 Å². The number of ether oxygens (including phenoxy) is 1. The fraction of sp³-hybridized carbons (Fsp3) is 0.107. The van der Waals surface area contributed by atoms with Crippen LogP contribution in [0.3, 0.4) is 0 Å². The van der Waals surface area contributed by atoms with Gasteiger partial charge in [0.1, 0.15) is 5.75 Å². The van der Waals surface area contributed by atoms with Crippen molar-refractivity contribution in [3.63, 3.8) is 0 Å². The highest BCUT2D eigenvalue weighted by Gasteiger charge is 2.23. The summed E-state index contributed by atoms with van der Waals surface area (Å²) in [6, 6.07) is 28.4. The molecule has 6 heteroatoms. The molecule has 166 valence electrons. The summed E-state index contributed by atoms with van der Waals surface area (Å²) in [6.07, 6.45) is 0. The van der Waals surface area contributed by atoms with Crippen LogP contribution in [0.15, 0.2) is 84.9 Å². The van der Waals surface area contributed by atoms with Gasteiger partial charge in [0.15, 0.2) is 11.3 Å². The molecule has 0 fully saturated rings. The normalized spacial score (nSPS) is 11.4. The van der Waals surface area contributed by atoms with Crippen molar-refractivity contribution in [2.75, 3.05) is 7.11 Å². The van der Waals surface area contributed by atoms with E-state index in [1.807, 2.05) is 96.0 Å². The molecular formula is C28H23N5O. The number of benzene rings is 3. The van der Waals surface area contributed by atoms with Crippen molar-refractivity contribution in [2.24, 2.45) is 0 Å².